The predicted molar refractivity (Wildman–Crippen MR) is 86.0 cm³/mol. The first-order chi connectivity index (χ1) is 10.1. The summed E-state index contributed by atoms with van der Waals surface area (Å²) in [6.07, 6.45) is 5.81. The first-order valence-electron chi connectivity index (χ1n) is 6.61. The van der Waals surface area contributed by atoms with E-state index in [0.717, 1.165) is 22.6 Å². The smallest absolute Gasteiger partial charge is 0.221 e. The molecule has 21 heavy (non-hydrogen) atoms. The summed E-state index contributed by atoms with van der Waals surface area (Å²) in [7, 11) is 0. The molecular weight excluding hydrogens is 264 g/mol. The van der Waals surface area contributed by atoms with Crippen molar-refractivity contribution in [1.82, 2.24) is 9.97 Å². The lowest BCUT2D eigenvalue weighted by Gasteiger charge is -2.04. The summed E-state index contributed by atoms with van der Waals surface area (Å²) in [5.74, 6) is 0.300. The van der Waals surface area contributed by atoms with Crippen molar-refractivity contribution >= 4 is 29.7 Å². The minimum Gasteiger partial charge on any atom is -0.369 e. The van der Waals surface area contributed by atoms with Crippen LogP contribution in [0.1, 0.15) is 23.9 Å². The number of benzene rings is 1. The first-order valence-corrected chi connectivity index (χ1v) is 6.61. The van der Waals surface area contributed by atoms with Gasteiger partial charge in [-0.05, 0) is 36.8 Å². The molecule has 0 spiro atoms. The Hall–Kier alpha value is -2.82. The number of hydrogen-bond donors (Lipinski definition) is 3. The number of primary amides is 1. The van der Waals surface area contributed by atoms with E-state index in [4.69, 9.17) is 5.73 Å². The molecule has 0 bridgehead atoms. The summed E-state index contributed by atoms with van der Waals surface area (Å²) in [5, 5.41) is 3.17. The molecule has 4 N–H and O–H groups in total. The lowest BCUT2D eigenvalue weighted by molar-refractivity contribution is -0.117. The molecule has 0 fully saturated rings. The summed E-state index contributed by atoms with van der Waals surface area (Å²) in [4.78, 5) is 18.4. The van der Waals surface area contributed by atoms with Gasteiger partial charge in [-0.15, -0.1) is 0 Å². The zero-order chi connectivity index (χ0) is 15.2. The second-order valence-corrected chi connectivity index (χ2v) is 4.55. The zero-order valence-corrected chi connectivity index (χ0v) is 11.9. The van der Waals surface area contributed by atoms with E-state index in [9.17, 15) is 4.79 Å². The number of allylic oxidation sites excluding steroid dienone is 1. The van der Waals surface area contributed by atoms with Gasteiger partial charge < -0.3 is 16.0 Å². The van der Waals surface area contributed by atoms with Crippen LogP contribution in [0.3, 0.4) is 0 Å². The highest BCUT2D eigenvalue weighted by Gasteiger charge is 2.05. The van der Waals surface area contributed by atoms with Crippen LogP contribution in [0.15, 0.2) is 36.9 Å². The van der Waals surface area contributed by atoms with Crippen molar-refractivity contribution in [3.8, 4) is 0 Å². The Balaban J connectivity index is 2.14. The molecule has 0 aliphatic rings. The Morgan fingerprint density at radius 2 is 2.14 bits per heavy atom. The SMILES string of the molecule is C=Cc1nc(Nc2ccc(CC(N)=O)cc2)[nH]c1/C=C\C. The predicted octanol–water partition coefficient (Wildman–Crippen LogP) is 2.86. The fourth-order valence-corrected chi connectivity index (χ4v) is 1.95. The minimum absolute atomic E-state index is 0.243. The van der Waals surface area contributed by atoms with Gasteiger partial charge in [0.25, 0.3) is 0 Å². The van der Waals surface area contributed by atoms with Crippen molar-refractivity contribution in [2.45, 2.75) is 13.3 Å². The Bertz CT molecular complexity index is 668. The van der Waals surface area contributed by atoms with Crippen molar-refractivity contribution in [2.24, 2.45) is 5.73 Å². The molecule has 2 aromatic rings. The van der Waals surface area contributed by atoms with Gasteiger partial charge in [-0.3, -0.25) is 4.79 Å². The van der Waals surface area contributed by atoms with Crippen LogP contribution in [0.5, 0.6) is 0 Å². The lowest BCUT2D eigenvalue weighted by atomic mass is 10.1. The molecule has 0 unspecified atom stereocenters. The molecule has 0 radical (unpaired) electrons. The number of carbonyl (C=O) groups is 1. The van der Waals surface area contributed by atoms with Gasteiger partial charge in [-0.2, -0.15) is 0 Å². The standard InChI is InChI=1S/C16H18N4O/c1-3-5-14-13(4-2)19-16(20-14)18-12-8-6-11(7-9-12)10-15(17)21/h3-9H,2,10H2,1H3,(H2,17,21)(H2,18,19,20)/b5-3-. The van der Waals surface area contributed by atoms with Gasteiger partial charge in [0.2, 0.25) is 11.9 Å². The van der Waals surface area contributed by atoms with Gasteiger partial charge in [-0.1, -0.05) is 24.8 Å². The van der Waals surface area contributed by atoms with Crippen LogP contribution in [0.2, 0.25) is 0 Å². The zero-order valence-electron chi connectivity index (χ0n) is 11.9. The molecule has 1 heterocycles. The number of aromatic amines is 1. The number of hydrogen-bond acceptors (Lipinski definition) is 3. The Morgan fingerprint density at radius 1 is 1.43 bits per heavy atom. The van der Waals surface area contributed by atoms with Crippen LogP contribution in [-0.2, 0) is 11.2 Å². The van der Waals surface area contributed by atoms with Gasteiger partial charge in [0.15, 0.2) is 0 Å². The molecule has 0 saturated heterocycles. The number of carbonyl (C=O) groups excluding carboxylic acids is 1. The van der Waals surface area contributed by atoms with E-state index >= 15 is 0 Å². The summed E-state index contributed by atoms with van der Waals surface area (Å²) in [5.41, 5.74) is 8.62. The average Bonchev–Trinajstić information content (AvgIpc) is 2.83. The highest BCUT2D eigenvalue weighted by molar-refractivity contribution is 5.76. The summed E-state index contributed by atoms with van der Waals surface area (Å²) in [6, 6.07) is 7.47. The largest absolute Gasteiger partial charge is 0.369 e. The van der Waals surface area contributed by atoms with E-state index in [2.05, 4.69) is 21.9 Å². The van der Waals surface area contributed by atoms with E-state index in [-0.39, 0.29) is 12.3 Å². The molecule has 108 valence electrons. The first kappa shape index (κ1) is 14.6. The van der Waals surface area contributed by atoms with Crippen molar-refractivity contribution in [3.63, 3.8) is 0 Å². The van der Waals surface area contributed by atoms with E-state index in [1.807, 2.05) is 43.3 Å². The number of nitrogens with zero attached hydrogens (tertiary/aromatic N) is 1. The maximum atomic E-state index is 10.9. The van der Waals surface area contributed by atoms with Gasteiger partial charge in [0.05, 0.1) is 17.8 Å². The number of imidazole rings is 1. The molecule has 0 aliphatic heterocycles. The summed E-state index contributed by atoms with van der Waals surface area (Å²) < 4.78 is 0. The average molecular weight is 282 g/mol. The quantitative estimate of drug-likeness (QED) is 0.761. The van der Waals surface area contributed by atoms with E-state index < -0.39 is 0 Å². The Kier molecular flexibility index (Phi) is 4.56. The van der Waals surface area contributed by atoms with Crippen molar-refractivity contribution in [3.05, 3.63) is 53.9 Å². The van der Waals surface area contributed by atoms with Crippen LogP contribution in [0.4, 0.5) is 11.6 Å². The van der Waals surface area contributed by atoms with Crippen LogP contribution >= 0.6 is 0 Å². The lowest BCUT2D eigenvalue weighted by Crippen LogP contribution is -2.13. The van der Waals surface area contributed by atoms with Gasteiger partial charge in [-0.25, -0.2) is 4.98 Å². The molecule has 5 nitrogen and oxygen atoms in total. The second-order valence-electron chi connectivity index (χ2n) is 4.55. The minimum atomic E-state index is -0.339. The summed E-state index contributed by atoms with van der Waals surface area (Å²) >= 11 is 0. The number of H-pyrrole nitrogens is 1. The third kappa shape index (κ3) is 3.82. The molecule has 0 saturated carbocycles. The normalized spacial score (nSPS) is 10.7. The summed E-state index contributed by atoms with van der Waals surface area (Å²) in [6.45, 7) is 5.69. The van der Waals surface area contributed by atoms with Crippen LogP contribution in [0.25, 0.3) is 12.2 Å². The number of nitrogens with two attached hydrogens (primary N) is 1. The third-order valence-corrected chi connectivity index (χ3v) is 2.88. The molecule has 1 amide bonds. The van der Waals surface area contributed by atoms with Gasteiger partial charge in [0.1, 0.15) is 0 Å². The third-order valence-electron chi connectivity index (χ3n) is 2.88. The van der Waals surface area contributed by atoms with Crippen LogP contribution in [-0.4, -0.2) is 15.9 Å². The fraction of sp³-hybridized carbons (Fsp3) is 0.125. The van der Waals surface area contributed by atoms with E-state index in [0.29, 0.717) is 5.95 Å². The van der Waals surface area contributed by atoms with Crippen molar-refractivity contribution in [2.75, 3.05) is 5.32 Å². The molecule has 0 atom stereocenters. The van der Waals surface area contributed by atoms with E-state index in [1.165, 1.54) is 0 Å². The monoisotopic (exact) mass is 282 g/mol. The maximum Gasteiger partial charge on any atom is 0.221 e. The highest BCUT2D eigenvalue weighted by Crippen LogP contribution is 2.18. The second kappa shape index (κ2) is 6.56. The number of anilines is 2. The van der Waals surface area contributed by atoms with Crippen molar-refractivity contribution in [1.29, 1.82) is 0 Å². The molecular formula is C16H18N4O. The van der Waals surface area contributed by atoms with E-state index in [1.54, 1.807) is 6.08 Å². The van der Waals surface area contributed by atoms with Crippen LogP contribution in [0, 0.1) is 0 Å². The number of aromatic nitrogens is 2. The Morgan fingerprint density at radius 3 is 2.71 bits per heavy atom. The molecule has 2 rings (SSSR count). The topological polar surface area (TPSA) is 83.8 Å². The molecule has 0 aliphatic carbocycles. The molecule has 1 aromatic heterocycles. The van der Waals surface area contributed by atoms with Gasteiger partial charge in [0, 0.05) is 5.69 Å². The number of rotatable bonds is 6. The highest BCUT2D eigenvalue weighted by atomic mass is 16.1. The molecule has 1 aromatic carbocycles. The van der Waals surface area contributed by atoms with Crippen LogP contribution < -0.4 is 11.1 Å². The fourth-order valence-electron chi connectivity index (χ4n) is 1.95. The van der Waals surface area contributed by atoms with Gasteiger partial charge >= 0.3 is 0 Å². The number of amides is 1. The maximum absolute atomic E-state index is 10.9. The Labute approximate surface area is 123 Å². The van der Waals surface area contributed by atoms with Crippen molar-refractivity contribution < 1.29 is 4.79 Å². The number of nitrogens with one attached hydrogen (secondary N) is 2. The molecule has 5 heteroatoms.